The average Bonchev–Trinajstić information content (AvgIpc) is 2.87. The average molecular weight is 311 g/mol. The summed E-state index contributed by atoms with van der Waals surface area (Å²) in [5.74, 6) is -0.251. The molecule has 3 nitrogen and oxygen atoms in total. The van der Waals surface area contributed by atoms with E-state index >= 15 is 0 Å². The lowest BCUT2D eigenvalue weighted by Gasteiger charge is -2.19. The number of aliphatic hydroxyl groups is 1. The van der Waals surface area contributed by atoms with E-state index in [-0.39, 0.29) is 12.5 Å². The monoisotopic (exact) mass is 311 g/mol. The molecular formula is C16H16F3NO2. The number of hydrogen-bond acceptors (Lipinski definition) is 2. The van der Waals surface area contributed by atoms with Gasteiger partial charge in [-0.05, 0) is 30.2 Å². The van der Waals surface area contributed by atoms with Crippen LogP contribution in [0.5, 0.6) is 0 Å². The quantitative estimate of drug-likeness (QED) is 0.872. The van der Waals surface area contributed by atoms with E-state index in [2.05, 4.69) is 6.58 Å². The number of carbonyl (C=O) groups is 1. The topological polar surface area (TPSA) is 40.5 Å². The van der Waals surface area contributed by atoms with Crippen LogP contribution in [0.3, 0.4) is 0 Å². The molecule has 22 heavy (non-hydrogen) atoms. The molecule has 1 fully saturated rings. The molecular weight excluding hydrogens is 295 g/mol. The van der Waals surface area contributed by atoms with Crippen LogP contribution in [0.25, 0.3) is 6.08 Å². The number of halogens is 3. The van der Waals surface area contributed by atoms with Crippen LogP contribution in [-0.2, 0) is 11.0 Å². The van der Waals surface area contributed by atoms with Crippen molar-refractivity contribution < 1.29 is 23.1 Å². The highest BCUT2D eigenvalue weighted by Gasteiger charge is 2.35. The molecule has 1 N–H and O–H groups in total. The zero-order valence-corrected chi connectivity index (χ0v) is 11.8. The van der Waals surface area contributed by atoms with Crippen LogP contribution in [0.4, 0.5) is 13.2 Å². The zero-order chi connectivity index (χ0) is 16.4. The van der Waals surface area contributed by atoms with Gasteiger partial charge in [-0.3, -0.25) is 4.79 Å². The SMILES string of the molecule is C=CC(=O)N1CC[C@@](O)(/C=C/c2ccc(C(F)(F)F)cc2)C1. The largest absolute Gasteiger partial charge is 0.416 e. The summed E-state index contributed by atoms with van der Waals surface area (Å²) in [4.78, 5) is 12.9. The standard InChI is InChI=1S/C16H16F3NO2/c1-2-14(21)20-10-9-15(22,11-20)8-7-12-3-5-13(6-4-12)16(17,18)19/h2-8,22H,1,9-11H2/b8-7+/t15-/m0/s1. The molecule has 0 spiro atoms. The number of rotatable bonds is 3. The second-order valence-electron chi connectivity index (χ2n) is 5.27. The number of likely N-dealkylation sites (tertiary alicyclic amines) is 1. The molecule has 0 unspecified atom stereocenters. The predicted molar refractivity (Wildman–Crippen MR) is 76.8 cm³/mol. The Kier molecular flexibility index (Phi) is 4.42. The first-order valence-corrected chi connectivity index (χ1v) is 6.74. The second kappa shape index (κ2) is 5.96. The van der Waals surface area contributed by atoms with Crippen molar-refractivity contribution in [2.45, 2.75) is 18.2 Å². The smallest absolute Gasteiger partial charge is 0.384 e. The highest BCUT2D eigenvalue weighted by atomic mass is 19.4. The van der Waals surface area contributed by atoms with Crippen molar-refractivity contribution in [1.29, 1.82) is 0 Å². The third-order valence-corrected chi connectivity index (χ3v) is 3.59. The Morgan fingerprint density at radius 2 is 1.95 bits per heavy atom. The van der Waals surface area contributed by atoms with Crippen molar-refractivity contribution in [3.8, 4) is 0 Å². The van der Waals surface area contributed by atoms with E-state index in [1.807, 2.05) is 0 Å². The molecule has 0 aromatic heterocycles. The minimum absolute atomic E-state index is 0.148. The molecule has 1 aliphatic rings. The number of carbonyl (C=O) groups excluding carboxylic acids is 1. The van der Waals surface area contributed by atoms with Gasteiger partial charge in [0.25, 0.3) is 0 Å². The lowest BCUT2D eigenvalue weighted by molar-refractivity contribution is -0.137. The number of β-amino-alcohol motifs (C(OH)–C–C–N with tert-alkyl or cyclic N) is 1. The molecule has 1 saturated heterocycles. The van der Waals surface area contributed by atoms with Crippen LogP contribution < -0.4 is 0 Å². The van der Waals surface area contributed by atoms with E-state index in [0.29, 0.717) is 18.5 Å². The van der Waals surface area contributed by atoms with Crippen molar-refractivity contribution in [2.75, 3.05) is 13.1 Å². The summed E-state index contributed by atoms with van der Waals surface area (Å²) < 4.78 is 37.4. The van der Waals surface area contributed by atoms with E-state index in [9.17, 15) is 23.1 Å². The van der Waals surface area contributed by atoms with E-state index in [1.165, 1.54) is 29.2 Å². The Hall–Kier alpha value is -2.08. The summed E-state index contributed by atoms with van der Waals surface area (Å²) in [7, 11) is 0. The van der Waals surface area contributed by atoms with Gasteiger partial charge in [0.05, 0.1) is 12.1 Å². The maximum absolute atomic E-state index is 12.5. The summed E-state index contributed by atoms with van der Waals surface area (Å²) in [6, 6.07) is 4.66. The van der Waals surface area contributed by atoms with Crippen LogP contribution in [0, 0.1) is 0 Å². The van der Waals surface area contributed by atoms with Crippen molar-refractivity contribution in [1.82, 2.24) is 4.90 Å². The third kappa shape index (κ3) is 3.76. The molecule has 1 aliphatic heterocycles. The fraction of sp³-hybridized carbons (Fsp3) is 0.312. The maximum Gasteiger partial charge on any atom is 0.416 e. The van der Waals surface area contributed by atoms with Gasteiger partial charge in [-0.2, -0.15) is 13.2 Å². The van der Waals surface area contributed by atoms with Crippen LogP contribution >= 0.6 is 0 Å². The molecule has 0 bridgehead atoms. The van der Waals surface area contributed by atoms with Crippen molar-refractivity contribution >= 4 is 12.0 Å². The summed E-state index contributed by atoms with van der Waals surface area (Å²) >= 11 is 0. The first-order valence-electron chi connectivity index (χ1n) is 6.74. The van der Waals surface area contributed by atoms with Gasteiger partial charge in [-0.15, -0.1) is 0 Å². The Balaban J connectivity index is 2.06. The van der Waals surface area contributed by atoms with Gasteiger partial charge in [0.2, 0.25) is 5.91 Å². The molecule has 118 valence electrons. The first kappa shape index (κ1) is 16.3. The molecule has 0 radical (unpaired) electrons. The van der Waals surface area contributed by atoms with Gasteiger partial charge >= 0.3 is 6.18 Å². The number of nitrogens with zero attached hydrogens (tertiary/aromatic N) is 1. The van der Waals surface area contributed by atoms with E-state index < -0.39 is 17.3 Å². The summed E-state index contributed by atoms with van der Waals surface area (Å²) in [6.45, 7) is 3.95. The van der Waals surface area contributed by atoms with Crippen LogP contribution in [0.15, 0.2) is 43.0 Å². The van der Waals surface area contributed by atoms with Gasteiger partial charge in [-0.1, -0.05) is 30.9 Å². The van der Waals surface area contributed by atoms with E-state index in [4.69, 9.17) is 0 Å². The minimum Gasteiger partial charge on any atom is -0.384 e. The Bertz CT molecular complexity index is 592. The molecule has 2 rings (SSSR count). The maximum atomic E-state index is 12.5. The lowest BCUT2D eigenvalue weighted by atomic mass is 10.0. The van der Waals surface area contributed by atoms with Crippen LogP contribution in [-0.4, -0.2) is 34.6 Å². The normalized spacial score (nSPS) is 22.3. The van der Waals surface area contributed by atoms with Gasteiger partial charge in [0, 0.05) is 6.54 Å². The number of benzene rings is 1. The molecule has 1 heterocycles. The van der Waals surface area contributed by atoms with E-state index in [0.717, 1.165) is 12.1 Å². The predicted octanol–water partition coefficient (Wildman–Crippen LogP) is 2.87. The third-order valence-electron chi connectivity index (χ3n) is 3.59. The van der Waals surface area contributed by atoms with Crippen molar-refractivity contribution in [3.63, 3.8) is 0 Å². The fourth-order valence-corrected chi connectivity index (χ4v) is 2.30. The molecule has 6 heteroatoms. The number of hydrogen-bond donors (Lipinski definition) is 1. The second-order valence-corrected chi connectivity index (χ2v) is 5.27. The Morgan fingerprint density at radius 1 is 1.32 bits per heavy atom. The summed E-state index contributed by atoms with van der Waals surface area (Å²) in [6.07, 6.45) is 0.278. The number of alkyl halides is 3. The van der Waals surface area contributed by atoms with Gasteiger partial charge in [0.15, 0.2) is 0 Å². The zero-order valence-electron chi connectivity index (χ0n) is 11.8. The first-order chi connectivity index (χ1) is 10.2. The van der Waals surface area contributed by atoms with Crippen molar-refractivity contribution in [3.05, 3.63) is 54.1 Å². The Morgan fingerprint density at radius 3 is 2.50 bits per heavy atom. The molecule has 0 saturated carbocycles. The van der Waals surface area contributed by atoms with E-state index in [1.54, 1.807) is 6.08 Å². The number of amides is 1. The molecule has 1 amide bonds. The van der Waals surface area contributed by atoms with Crippen molar-refractivity contribution in [2.24, 2.45) is 0 Å². The van der Waals surface area contributed by atoms with Crippen LogP contribution in [0.1, 0.15) is 17.5 Å². The molecule has 1 atom stereocenters. The fourth-order valence-electron chi connectivity index (χ4n) is 2.30. The lowest BCUT2D eigenvalue weighted by Crippen LogP contribution is -2.33. The summed E-state index contributed by atoms with van der Waals surface area (Å²) in [5, 5.41) is 10.4. The molecule has 1 aromatic carbocycles. The minimum atomic E-state index is -4.36. The highest BCUT2D eigenvalue weighted by molar-refractivity contribution is 5.87. The van der Waals surface area contributed by atoms with Gasteiger partial charge < -0.3 is 10.0 Å². The van der Waals surface area contributed by atoms with Gasteiger partial charge in [0.1, 0.15) is 5.60 Å². The molecule has 1 aromatic rings. The highest BCUT2D eigenvalue weighted by Crippen LogP contribution is 2.29. The molecule has 0 aliphatic carbocycles. The Labute approximate surface area is 126 Å². The van der Waals surface area contributed by atoms with Gasteiger partial charge in [-0.25, -0.2) is 0 Å². The summed E-state index contributed by atoms with van der Waals surface area (Å²) in [5.41, 5.74) is -1.33. The van der Waals surface area contributed by atoms with Crippen LogP contribution in [0.2, 0.25) is 0 Å².